The second kappa shape index (κ2) is 12.0. The number of fused-ring (bicyclic) bond motifs is 2. The minimum Gasteiger partial charge on any atom is -0.497 e. The van der Waals surface area contributed by atoms with E-state index in [1.165, 1.54) is 11.1 Å². The molecule has 2 heterocycles. The van der Waals surface area contributed by atoms with E-state index < -0.39 is 0 Å². The molecule has 0 spiro atoms. The fourth-order valence-corrected chi connectivity index (χ4v) is 5.55. The Morgan fingerprint density at radius 1 is 0.476 bits per heavy atom. The zero-order valence-corrected chi connectivity index (χ0v) is 24.3. The first kappa shape index (κ1) is 27.4. The van der Waals surface area contributed by atoms with Crippen molar-refractivity contribution in [2.45, 2.75) is 25.7 Å². The molecule has 0 saturated heterocycles. The Morgan fingerprint density at radius 2 is 0.857 bits per heavy atom. The Labute approximate surface area is 245 Å². The van der Waals surface area contributed by atoms with Gasteiger partial charge in [-0.2, -0.15) is 0 Å². The number of benzene rings is 4. The summed E-state index contributed by atoms with van der Waals surface area (Å²) in [5.74, 6) is 5.47. The van der Waals surface area contributed by atoms with E-state index in [0.29, 0.717) is 34.5 Å². The number of rotatable bonds is 11. The summed E-state index contributed by atoms with van der Waals surface area (Å²) in [5, 5.41) is 0. The first-order valence-electron chi connectivity index (χ1n) is 13.9. The normalized spacial score (nSPS) is 12.8. The van der Waals surface area contributed by atoms with E-state index in [4.69, 9.17) is 37.9 Å². The van der Waals surface area contributed by atoms with Crippen molar-refractivity contribution >= 4 is 0 Å². The van der Waals surface area contributed by atoms with Gasteiger partial charge in [-0.25, -0.2) is 0 Å². The average molecular weight is 571 g/mol. The van der Waals surface area contributed by atoms with Crippen molar-refractivity contribution in [2.75, 3.05) is 42.0 Å². The molecule has 0 aromatic heterocycles. The predicted octanol–water partition coefficient (Wildman–Crippen LogP) is 6.42. The third-order valence-electron chi connectivity index (χ3n) is 7.73. The molecule has 8 heteroatoms. The predicted molar refractivity (Wildman–Crippen MR) is 158 cm³/mol. The lowest BCUT2D eigenvalue weighted by Gasteiger charge is -2.19. The average Bonchev–Trinajstić information content (AvgIpc) is 3.73. The van der Waals surface area contributed by atoms with Crippen molar-refractivity contribution in [1.29, 1.82) is 0 Å². The van der Waals surface area contributed by atoms with E-state index in [9.17, 15) is 0 Å². The molecule has 42 heavy (non-hydrogen) atoms. The van der Waals surface area contributed by atoms with Gasteiger partial charge in [-0.1, -0.05) is 24.3 Å². The lowest BCUT2D eigenvalue weighted by atomic mass is 9.93. The van der Waals surface area contributed by atoms with E-state index in [2.05, 4.69) is 36.4 Å². The smallest absolute Gasteiger partial charge is 0.231 e. The molecular weight excluding hydrogens is 536 g/mol. The van der Waals surface area contributed by atoms with Gasteiger partial charge < -0.3 is 37.9 Å². The summed E-state index contributed by atoms with van der Waals surface area (Å²) in [4.78, 5) is 0. The highest BCUT2D eigenvalue weighted by molar-refractivity contribution is 5.85. The van der Waals surface area contributed by atoms with Crippen LogP contribution in [-0.2, 0) is 25.7 Å². The van der Waals surface area contributed by atoms with Gasteiger partial charge >= 0.3 is 0 Å². The highest BCUT2D eigenvalue weighted by atomic mass is 16.7. The van der Waals surface area contributed by atoms with Gasteiger partial charge in [0, 0.05) is 11.1 Å². The van der Waals surface area contributed by atoms with Crippen LogP contribution in [0.15, 0.2) is 60.7 Å². The van der Waals surface area contributed by atoms with Crippen LogP contribution < -0.4 is 37.9 Å². The first-order chi connectivity index (χ1) is 20.6. The second-order valence-electron chi connectivity index (χ2n) is 10.1. The lowest BCUT2D eigenvalue weighted by molar-refractivity contribution is 0.170. The summed E-state index contributed by atoms with van der Waals surface area (Å²) in [6, 6.07) is 20.5. The van der Waals surface area contributed by atoms with Gasteiger partial charge in [0.15, 0.2) is 23.0 Å². The van der Waals surface area contributed by atoms with Crippen molar-refractivity contribution in [3.8, 4) is 57.1 Å². The minimum absolute atomic E-state index is 0.135. The van der Waals surface area contributed by atoms with Crippen LogP contribution in [0.2, 0.25) is 0 Å². The summed E-state index contributed by atoms with van der Waals surface area (Å²) in [6.07, 6.45) is 3.12. The van der Waals surface area contributed by atoms with Crippen LogP contribution in [0.4, 0.5) is 0 Å². The molecule has 0 radical (unpaired) electrons. The molecular formula is C34H34O8. The lowest BCUT2D eigenvalue weighted by Crippen LogP contribution is -2.00. The number of ether oxygens (including phenoxy) is 8. The van der Waals surface area contributed by atoms with E-state index in [-0.39, 0.29) is 13.6 Å². The number of hydrogen-bond donors (Lipinski definition) is 0. The zero-order chi connectivity index (χ0) is 29.1. The molecule has 4 aromatic rings. The monoisotopic (exact) mass is 570 g/mol. The van der Waals surface area contributed by atoms with Gasteiger partial charge in [-0.05, 0) is 84.3 Å². The standard InChI is InChI=1S/C34H34O8/c1-35-25-13-7-21(8-14-25)5-11-23-17-27(31(37-3)33-29(23)39-19-41-33)28-18-24(30-34(32(28)38-4)42-20-40-30)12-6-22-9-15-26(36-2)16-10-22/h7-10,13-18H,5-6,11-12,19-20H2,1-4H3. The van der Waals surface area contributed by atoms with Gasteiger partial charge in [0.2, 0.25) is 25.1 Å². The Kier molecular flexibility index (Phi) is 7.86. The van der Waals surface area contributed by atoms with Crippen LogP contribution in [0.3, 0.4) is 0 Å². The molecule has 0 N–H and O–H groups in total. The quantitative estimate of drug-likeness (QED) is 0.205. The molecule has 6 rings (SSSR count). The Bertz CT molecular complexity index is 1440. The summed E-state index contributed by atoms with van der Waals surface area (Å²) < 4.78 is 46.3. The van der Waals surface area contributed by atoms with Crippen LogP contribution in [0.5, 0.6) is 46.0 Å². The molecule has 0 saturated carbocycles. The molecule has 0 bridgehead atoms. The van der Waals surface area contributed by atoms with Crippen LogP contribution in [-0.4, -0.2) is 42.0 Å². The van der Waals surface area contributed by atoms with Crippen molar-refractivity contribution in [3.63, 3.8) is 0 Å². The Morgan fingerprint density at radius 3 is 1.21 bits per heavy atom. The third-order valence-corrected chi connectivity index (χ3v) is 7.73. The van der Waals surface area contributed by atoms with Gasteiger partial charge in [-0.3, -0.25) is 0 Å². The van der Waals surface area contributed by atoms with Gasteiger partial charge in [0.25, 0.3) is 0 Å². The maximum Gasteiger partial charge on any atom is 0.231 e. The number of aryl methyl sites for hydroxylation is 4. The number of methoxy groups -OCH3 is 4. The summed E-state index contributed by atoms with van der Waals surface area (Å²) in [6.45, 7) is 0.270. The molecule has 0 fully saturated rings. The second-order valence-corrected chi connectivity index (χ2v) is 10.1. The number of hydrogen-bond acceptors (Lipinski definition) is 8. The first-order valence-corrected chi connectivity index (χ1v) is 13.9. The topological polar surface area (TPSA) is 73.8 Å². The van der Waals surface area contributed by atoms with Crippen molar-refractivity contribution in [1.82, 2.24) is 0 Å². The summed E-state index contributed by atoms with van der Waals surface area (Å²) in [7, 11) is 6.62. The molecule has 0 amide bonds. The molecule has 0 aliphatic carbocycles. The van der Waals surface area contributed by atoms with Gasteiger partial charge in [0.05, 0.1) is 28.4 Å². The fraction of sp³-hybridized carbons (Fsp3) is 0.294. The summed E-state index contributed by atoms with van der Waals surface area (Å²) in [5.41, 5.74) is 6.12. The molecule has 0 atom stereocenters. The molecule has 8 nitrogen and oxygen atoms in total. The molecule has 4 aromatic carbocycles. The molecule has 2 aliphatic heterocycles. The van der Waals surface area contributed by atoms with Crippen molar-refractivity contribution in [3.05, 3.63) is 82.9 Å². The van der Waals surface area contributed by atoms with Crippen LogP contribution in [0.1, 0.15) is 22.3 Å². The fourth-order valence-electron chi connectivity index (χ4n) is 5.55. The van der Waals surface area contributed by atoms with Gasteiger partial charge in [-0.15, -0.1) is 0 Å². The SMILES string of the molecule is COc1ccc(CCc2cc(-c3cc(CCc4ccc(OC)cc4)c4c(c3OC)OCO4)c(OC)c3c2OCO3)cc1. The van der Waals surface area contributed by atoms with Gasteiger partial charge in [0.1, 0.15) is 11.5 Å². The minimum atomic E-state index is 0.135. The Hall–Kier alpha value is -4.72. The van der Waals surface area contributed by atoms with Crippen LogP contribution in [0, 0.1) is 0 Å². The highest BCUT2D eigenvalue weighted by Crippen LogP contribution is 2.55. The maximum atomic E-state index is 5.96. The zero-order valence-electron chi connectivity index (χ0n) is 24.3. The molecule has 2 aliphatic rings. The van der Waals surface area contributed by atoms with E-state index in [0.717, 1.165) is 59.4 Å². The van der Waals surface area contributed by atoms with Crippen LogP contribution in [0.25, 0.3) is 11.1 Å². The van der Waals surface area contributed by atoms with Crippen molar-refractivity contribution < 1.29 is 37.9 Å². The van der Waals surface area contributed by atoms with Crippen molar-refractivity contribution in [2.24, 2.45) is 0 Å². The molecule has 0 unspecified atom stereocenters. The highest BCUT2D eigenvalue weighted by Gasteiger charge is 2.32. The van der Waals surface area contributed by atoms with E-state index in [1.54, 1.807) is 28.4 Å². The largest absolute Gasteiger partial charge is 0.497 e. The Balaban J connectivity index is 1.39. The maximum absolute atomic E-state index is 5.96. The van der Waals surface area contributed by atoms with E-state index >= 15 is 0 Å². The molecule has 218 valence electrons. The summed E-state index contributed by atoms with van der Waals surface area (Å²) >= 11 is 0. The van der Waals surface area contributed by atoms with Crippen LogP contribution >= 0.6 is 0 Å². The third kappa shape index (κ3) is 5.20. The van der Waals surface area contributed by atoms with E-state index in [1.807, 2.05) is 24.3 Å².